The van der Waals surface area contributed by atoms with Crippen LogP contribution in [0.2, 0.25) is 0 Å². The molecule has 0 saturated carbocycles. The number of hydrogen-bond acceptors (Lipinski definition) is 6. The zero-order valence-electron chi connectivity index (χ0n) is 15.2. The average Bonchev–Trinajstić information content (AvgIpc) is 2.90. The number of aromatic nitrogens is 3. The van der Waals surface area contributed by atoms with Crippen LogP contribution in [0.25, 0.3) is 0 Å². The molecule has 0 unspecified atom stereocenters. The first-order chi connectivity index (χ1) is 11.9. The molecule has 1 saturated heterocycles. The van der Waals surface area contributed by atoms with Crippen LogP contribution >= 0.6 is 0 Å². The molecule has 3 rings (SSSR count). The van der Waals surface area contributed by atoms with Gasteiger partial charge >= 0.3 is 0 Å². The predicted molar refractivity (Wildman–Crippen MR) is 91.1 cm³/mol. The molecule has 1 amide bonds. The topological polar surface area (TPSA) is 81.4 Å². The number of aryl methyl sites for hydroxylation is 4. The SMILES string of the molecule is Cc1cc(C)nc([C@H]2CN(C(=O)CCc3c(C)noc3C)CCO2)n1. The molecule has 0 bridgehead atoms. The molecule has 134 valence electrons. The number of carbonyl (C=O) groups excluding carboxylic acids is 1. The molecule has 0 N–H and O–H groups in total. The van der Waals surface area contributed by atoms with Gasteiger partial charge in [-0.25, -0.2) is 9.97 Å². The first-order valence-electron chi connectivity index (χ1n) is 8.57. The predicted octanol–water partition coefficient (Wildman–Crippen LogP) is 2.23. The molecule has 7 heteroatoms. The van der Waals surface area contributed by atoms with Gasteiger partial charge in [-0.3, -0.25) is 4.79 Å². The van der Waals surface area contributed by atoms with Crippen LogP contribution in [0.1, 0.15) is 46.8 Å². The third kappa shape index (κ3) is 4.04. The molecule has 0 spiro atoms. The monoisotopic (exact) mass is 344 g/mol. The fourth-order valence-corrected chi connectivity index (χ4v) is 3.18. The summed E-state index contributed by atoms with van der Waals surface area (Å²) < 4.78 is 11.0. The smallest absolute Gasteiger partial charge is 0.223 e. The Balaban J connectivity index is 1.63. The Morgan fingerprint density at radius 2 is 1.96 bits per heavy atom. The van der Waals surface area contributed by atoms with E-state index >= 15 is 0 Å². The van der Waals surface area contributed by atoms with E-state index in [0.29, 0.717) is 38.4 Å². The van der Waals surface area contributed by atoms with E-state index in [1.165, 1.54) is 0 Å². The van der Waals surface area contributed by atoms with Crippen LogP contribution in [0.5, 0.6) is 0 Å². The maximum atomic E-state index is 12.6. The summed E-state index contributed by atoms with van der Waals surface area (Å²) in [6.07, 6.45) is 0.807. The first kappa shape index (κ1) is 17.5. The largest absolute Gasteiger partial charge is 0.367 e. The van der Waals surface area contributed by atoms with Gasteiger partial charge in [-0.2, -0.15) is 0 Å². The van der Waals surface area contributed by atoms with Crippen molar-refractivity contribution in [3.63, 3.8) is 0 Å². The molecule has 1 fully saturated rings. The zero-order chi connectivity index (χ0) is 18.0. The van der Waals surface area contributed by atoms with Gasteiger partial charge in [-0.1, -0.05) is 5.16 Å². The Hall–Kier alpha value is -2.28. The van der Waals surface area contributed by atoms with Crippen molar-refractivity contribution in [1.29, 1.82) is 0 Å². The number of hydrogen-bond donors (Lipinski definition) is 0. The lowest BCUT2D eigenvalue weighted by Crippen LogP contribution is -2.42. The van der Waals surface area contributed by atoms with Gasteiger partial charge in [0.05, 0.1) is 18.8 Å². The van der Waals surface area contributed by atoms with Crippen molar-refractivity contribution < 1.29 is 14.1 Å². The molecular weight excluding hydrogens is 320 g/mol. The Bertz CT molecular complexity index is 732. The first-order valence-corrected chi connectivity index (χ1v) is 8.57. The molecule has 1 aliphatic heterocycles. The van der Waals surface area contributed by atoms with Gasteiger partial charge < -0.3 is 14.2 Å². The van der Waals surface area contributed by atoms with E-state index in [4.69, 9.17) is 9.26 Å². The van der Waals surface area contributed by atoms with Crippen LogP contribution in [0, 0.1) is 27.7 Å². The Labute approximate surface area is 147 Å². The van der Waals surface area contributed by atoms with Crippen molar-refractivity contribution in [2.45, 2.75) is 46.6 Å². The second-order valence-corrected chi connectivity index (χ2v) is 6.51. The van der Waals surface area contributed by atoms with Crippen LogP contribution in [0.3, 0.4) is 0 Å². The maximum absolute atomic E-state index is 12.6. The van der Waals surface area contributed by atoms with E-state index in [9.17, 15) is 4.79 Å². The van der Waals surface area contributed by atoms with Crippen molar-refractivity contribution in [2.75, 3.05) is 19.7 Å². The summed E-state index contributed by atoms with van der Waals surface area (Å²) >= 11 is 0. The molecule has 2 aromatic heterocycles. The highest BCUT2D eigenvalue weighted by molar-refractivity contribution is 5.76. The maximum Gasteiger partial charge on any atom is 0.223 e. The molecule has 0 aromatic carbocycles. The highest BCUT2D eigenvalue weighted by atomic mass is 16.5. The summed E-state index contributed by atoms with van der Waals surface area (Å²) in [5.74, 6) is 1.55. The fourth-order valence-electron chi connectivity index (χ4n) is 3.18. The van der Waals surface area contributed by atoms with E-state index in [0.717, 1.165) is 28.4 Å². The Morgan fingerprint density at radius 3 is 2.60 bits per heavy atom. The minimum atomic E-state index is -0.268. The van der Waals surface area contributed by atoms with Gasteiger partial charge in [-0.15, -0.1) is 0 Å². The van der Waals surface area contributed by atoms with E-state index in [1.807, 2.05) is 38.7 Å². The molecule has 3 heterocycles. The zero-order valence-corrected chi connectivity index (χ0v) is 15.2. The minimum Gasteiger partial charge on any atom is -0.367 e. The molecule has 25 heavy (non-hydrogen) atoms. The summed E-state index contributed by atoms with van der Waals surface area (Å²) in [5, 5.41) is 3.94. The fraction of sp³-hybridized carbons (Fsp3) is 0.556. The quantitative estimate of drug-likeness (QED) is 0.846. The lowest BCUT2D eigenvalue weighted by atomic mass is 10.1. The number of nitrogens with zero attached hydrogens (tertiary/aromatic N) is 4. The summed E-state index contributed by atoms with van der Waals surface area (Å²) in [7, 11) is 0. The standard InChI is InChI=1S/C18H24N4O3/c1-11-9-12(2)20-18(19-11)16-10-22(7-8-24-16)17(23)6-5-15-13(3)21-25-14(15)4/h9,16H,5-8,10H2,1-4H3/t16-/m1/s1. The van der Waals surface area contributed by atoms with Gasteiger partial charge in [0.25, 0.3) is 0 Å². The molecule has 1 aliphatic rings. The third-order valence-corrected chi connectivity index (χ3v) is 4.48. The average molecular weight is 344 g/mol. The van der Waals surface area contributed by atoms with Gasteiger partial charge in [0.1, 0.15) is 11.9 Å². The molecular formula is C18H24N4O3. The van der Waals surface area contributed by atoms with E-state index < -0.39 is 0 Å². The Morgan fingerprint density at radius 1 is 1.24 bits per heavy atom. The van der Waals surface area contributed by atoms with Crippen LogP contribution in [0.4, 0.5) is 0 Å². The van der Waals surface area contributed by atoms with Gasteiger partial charge in [0, 0.05) is 29.9 Å². The van der Waals surface area contributed by atoms with Crippen molar-refractivity contribution in [3.8, 4) is 0 Å². The summed E-state index contributed by atoms with van der Waals surface area (Å²) in [5.41, 5.74) is 3.70. The number of ether oxygens (including phenoxy) is 1. The molecule has 0 aliphatic carbocycles. The molecule has 1 atom stereocenters. The second-order valence-electron chi connectivity index (χ2n) is 6.51. The minimum absolute atomic E-state index is 0.109. The second kappa shape index (κ2) is 7.31. The van der Waals surface area contributed by atoms with E-state index in [1.54, 1.807) is 0 Å². The van der Waals surface area contributed by atoms with Crippen molar-refractivity contribution in [2.24, 2.45) is 0 Å². The van der Waals surface area contributed by atoms with Crippen molar-refractivity contribution in [1.82, 2.24) is 20.0 Å². The molecule has 0 radical (unpaired) electrons. The normalized spacial score (nSPS) is 17.8. The number of carbonyl (C=O) groups is 1. The number of amides is 1. The Kier molecular flexibility index (Phi) is 5.13. The van der Waals surface area contributed by atoms with Crippen LogP contribution in [-0.4, -0.2) is 45.6 Å². The summed E-state index contributed by atoms with van der Waals surface area (Å²) in [4.78, 5) is 23.4. The van der Waals surface area contributed by atoms with Crippen molar-refractivity contribution >= 4 is 5.91 Å². The van der Waals surface area contributed by atoms with Gasteiger partial charge in [0.15, 0.2) is 5.82 Å². The van der Waals surface area contributed by atoms with E-state index in [-0.39, 0.29) is 12.0 Å². The lowest BCUT2D eigenvalue weighted by molar-refractivity contribution is -0.139. The summed E-state index contributed by atoms with van der Waals surface area (Å²) in [6, 6.07) is 1.93. The molecule has 2 aromatic rings. The van der Waals surface area contributed by atoms with Gasteiger partial charge in [0.2, 0.25) is 5.91 Å². The van der Waals surface area contributed by atoms with Crippen LogP contribution in [0.15, 0.2) is 10.6 Å². The lowest BCUT2D eigenvalue weighted by Gasteiger charge is -2.32. The number of morpholine rings is 1. The molecule has 7 nitrogen and oxygen atoms in total. The number of rotatable bonds is 4. The van der Waals surface area contributed by atoms with Crippen LogP contribution < -0.4 is 0 Å². The van der Waals surface area contributed by atoms with Crippen molar-refractivity contribution in [3.05, 3.63) is 40.3 Å². The summed E-state index contributed by atoms with van der Waals surface area (Å²) in [6.45, 7) is 9.24. The van der Waals surface area contributed by atoms with E-state index in [2.05, 4.69) is 15.1 Å². The third-order valence-electron chi connectivity index (χ3n) is 4.48. The van der Waals surface area contributed by atoms with Crippen LogP contribution in [-0.2, 0) is 16.0 Å². The highest BCUT2D eigenvalue weighted by Gasteiger charge is 2.27. The highest BCUT2D eigenvalue weighted by Crippen LogP contribution is 2.21. The van der Waals surface area contributed by atoms with Gasteiger partial charge in [-0.05, 0) is 40.2 Å².